The first-order valence-electron chi connectivity index (χ1n) is 6.36. The summed E-state index contributed by atoms with van der Waals surface area (Å²) in [6.07, 6.45) is 1.70. The molecule has 0 saturated carbocycles. The Hall–Kier alpha value is -1.81. The molecule has 0 spiro atoms. The number of amides is 1. The minimum atomic E-state index is -0.442. The largest absolute Gasteiger partial charge is 0.489 e. The quantitative estimate of drug-likeness (QED) is 0.741. The number of hydrogen-bond donors (Lipinski definition) is 2. The molecule has 2 unspecified atom stereocenters. The lowest BCUT2D eigenvalue weighted by Crippen LogP contribution is -2.34. The maximum absolute atomic E-state index is 12.1. The van der Waals surface area contributed by atoms with Crippen LogP contribution in [0.3, 0.4) is 0 Å². The molecule has 2 atom stereocenters. The Kier molecular flexibility index (Phi) is 6.09. The second kappa shape index (κ2) is 7.59. The van der Waals surface area contributed by atoms with Crippen molar-refractivity contribution in [3.63, 3.8) is 0 Å². The van der Waals surface area contributed by atoms with Gasteiger partial charge in [-0.25, -0.2) is 0 Å². The molecule has 0 bridgehead atoms. The molecule has 104 valence electrons. The van der Waals surface area contributed by atoms with E-state index in [1.165, 1.54) is 0 Å². The van der Waals surface area contributed by atoms with Gasteiger partial charge in [0, 0.05) is 6.04 Å². The highest BCUT2D eigenvalue weighted by molar-refractivity contribution is 5.97. The number of ether oxygens (including phenoxy) is 1. The highest BCUT2D eigenvalue weighted by atomic mass is 16.5. The third kappa shape index (κ3) is 5.14. The molecule has 4 heteroatoms. The van der Waals surface area contributed by atoms with Gasteiger partial charge in [0.05, 0.1) is 11.7 Å². The standard InChI is InChI=1S/C15H21NO3/c1-4-9-19-14-8-6-5-7-13(14)15(18)16-11(2)10-12(3)17/h4-8,11-12,17H,1,9-10H2,2-3H3,(H,16,18). The molecule has 2 N–H and O–H groups in total. The number of rotatable bonds is 7. The van der Waals surface area contributed by atoms with Crippen molar-refractivity contribution in [2.75, 3.05) is 6.61 Å². The number of aliphatic hydroxyl groups is 1. The third-order valence-electron chi connectivity index (χ3n) is 2.56. The predicted octanol–water partition coefficient (Wildman–Crippen LogP) is 2.14. The summed E-state index contributed by atoms with van der Waals surface area (Å²) in [6.45, 7) is 7.49. The fourth-order valence-electron chi connectivity index (χ4n) is 1.80. The SMILES string of the molecule is C=CCOc1ccccc1C(=O)NC(C)CC(C)O. The average molecular weight is 263 g/mol. The van der Waals surface area contributed by atoms with E-state index in [0.29, 0.717) is 24.3 Å². The van der Waals surface area contributed by atoms with E-state index in [9.17, 15) is 9.90 Å². The lowest BCUT2D eigenvalue weighted by Gasteiger charge is -2.16. The third-order valence-corrected chi connectivity index (χ3v) is 2.56. The number of hydrogen-bond acceptors (Lipinski definition) is 3. The number of benzene rings is 1. The molecule has 0 radical (unpaired) electrons. The van der Waals surface area contributed by atoms with Crippen LogP contribution in [0.2, 0.25) is 0 Å². The van der Waals surface area contributed by atoms with Crippen molar-refractivity contribution in [1.82, 2.24) is 5.32 Å². The molecule has 1 aromatic rings. The lowest BCUT2D eigenvalue weighted by molar-refractivity contribution is 0.0919. The Morgan fingerprint density at radius 3 is 2.79 bits per heavy atom. The van der Waals surface area contributed by atoms with Gasteiger partial charge in [0.25, 0.3) is 5.91 Å². The molecule has 0 aliphatic heterocycles. The Labute approximate surface area is 114 Å². The second-order valence-electron chi connectivity index (χ2n) is 4.56. The summed E-state index contributed by atoms with van der Waals surface area (Å²) in [5.74, 6) is 0.331. The van der Waals surface area contributed by atoms with E-state index < -0.39 is 6.10 Å². The molecule has 1 rings (SSSR count). The minimum Gasteiger partial charge on any atom is -0.489 e. The van der Waals surface area contributed by atoms with Crippen LogP contribution in [0.15, 0.2) is 36.9 Å². The lowest BCUT2D eigenvalue weighted by atomic mass is 10.1. The van der Waals surface area contributed by atoms with E-state index >= 15 is 0 Å². The van der Waals surface area contributed by atoms with Crippen molar-refractivity contribution in [2.45, 2.75) is 32.4 Å². The number of carbonyl (C=O) groups excluding carboxylic acids is 1. The number of nitrogens with one attached hydrogen (secondary N) is 1. The molecule has 0 aliphatic rings. The molecule has 0 fully saturated rings. The second-order valence-corrected chi connectivity index (χ2v) is 4.56. The van der Waals surface area contributed by atoms with Crippen LogP contribution in [-0.2, 0) is 0 Å². The summed E-state index contributed by atoms with van der Waals surface area (Å²) in [5, 5.41) is 12.1. The van der Waals surface area contributed by atoms with Gasteiger partial charge in [0.2, 0.25) is 0 Å². The van der Waals surface area contributed by atoms with E-state index in [-0.39, 0.29) is 11.9 Å². The molecular weight excluding hydrogens is 242 g/mol. The predicted molar refractivity (Wildman–Crippen MR) is 75.4 cm³/mol. The van der Waals surface area contributed by atoms with Gasteiger partial charge in [0.1, 0.15) is 12.4 Å². The molecule has 4 nitrogen and oxygen atoms in total. The van der Waals surface area contributed by atoms with Gasteiger partial charge in [-0.2, -0.15) is 0 Å². The zero-order chi connectivity index (χ0) is 14.3. The molecular formula is C15H21NO3. The zero-order valence-corrected chi connectivity index (χ0v) is 11.4. The first-order chi connectivity index (χ1) is 9.04. The molecule has 0 heterocycles. The molecule has 0 saturated heterocycles. The topological polar surface area (TPSA) is 58.6 Å². The Bertz CT molecular complexity index is 429. The molecule has 0 aromatic heterocycles. The van der Waals surface area contributed by atoms with Gasteiger partial charge in [-0.1, -0.05) is 24.8 Å². The number of carbonyl (C=O) groups is 1. The Balaban J connectivity index is 2.73. The molecule has 1 aromatic carbocycles. The number of para-hydroxylation sites is 1. The van der Waals surface area contributed by atoms with Crippen LogP contribution >= 0.6 is 0 Å². The van der Waals surface area contributed by atoms with Crippen LogP contribution in [0.5, 0.6) is 5.75 Å². The average Bonchev–Trinajstić information content (AvgIpc) is 2.35. The summed E-state index contributed by atoms with van der Waals surface area (Å²) in [7, 11) is 0. The van der Waals surface area contributed by atoms with Crippen LogP contribution in [-0.4, -0.2) is 29.8 Å². The minimum absolute atomic E-state index is 0.0973. The van der Waals surface area contributed by atoms with E-state index in [1.54, 1.807) is 31.2 Å². The van der Waals surface area contributed by atoms with Crippen molar-refractivity contribution < 1.29 is 14.6 Å². The van der Waals surface area contributed by atoms with Gasteiger partial charge >= 0.3 is 0 Å². The van der Waals surface area contributed by atoms with Crippen molar-refractivity contribution in [1.29, 1.82) is 0 Å². The van der Waals surface area contributed by atoms with Crippen molar-refractivity contribution in [3.8, 4) is 5.75 Å². The Morgan fingerprint density at radius 1 is 1.47 bits per heavy atom. The first-order valence-corrected chi connectivity index (χ1v) is 6.36. The van der Waals surface area contributed by atoms with Gasteiger partial charge in [0.15, 0.2) is 0 Å². The van der Waals surface area contributed by atoms with E-state index in [1.807, 2.05) is 13.0 Å². The summed E-state index contributed by atoms with van der Waals surface area (Å²) < 4.78 is 5.44. The van der Waals surface area contributed by atoms with Crippen molar-refractivity contribution >= 4 is 5.91 Å². The van der Waals surface area contributed by atoms with Crippen molar-refractivity contribution in [2.24, 2.45) is 0 Å². The highest BCUT2D eigenvalue weighted by Gasteiger charge is 2.15. The van der Waals surface area contributed by atoms with Gasteiger partial charge in [-0.05, 0) is 32.4 Å². The summed E-state index contributed by atoms with van der Waals surface area (Å²) in [6, 6.07) is 6.96. The van der Waals surface area contributed by atoms with E-state index in [2.05, 4.69) is 11.9 Å². The molecule has 1 amide bonds. The van der Waals surface area contributed by atoms with Gasteiger partial charge in [-0.3, -0.25) is 4.79 Å². The fraction of sp³-hybridized carbons (Fsp3) is 0.400. The maximum Gasteiger partial charge on any atom is 0.255 e. The van der Waals surface area contributed by atoms with Crippen LogP contribution in [0, 0.1) is 0 Å². The highest BCUT2D eigenvalue weighted by Crippen LogP contribution is 2.18. The number of aliphatic hydroxyl groups excluding tert-OH is 1. The maximum atomic E-state index is 12.1. The summed E-state index contributed by atoms with van der Waals surface area (Å²) >= 11 is 0. The summed E-state index contributed by atoms with van der Waals surface area (Å²) in [5.41, 5.74) is 0.488. The van der Waals surface area contributed by atoms with Crippen LogP contribution in [0.25, 0.3) is 0 Å². The first kappa shape index (κ1) is 15.2. The fourth-order valence-corrected chi connectivity index (χ4v) is 1.80. The molecule has 19 heavy (non-hydrogen) atoms. The Morgan fingerprint density at radius 2 is 2.16 bits per heavy atom. The smallest absolute Gasteiger partial charge is 0.255 e. The van der Waals surface area contributed by atoms with Crippen LogP contribution in [0.1, 0.15) is 30.6 Å². The monoisotopic (exact) mass is 263 g/mol. The zero-order valence-electron chi connectivity index (χ0n) is 11.4. The summed E-state index contributed by atoms with van der Waals surface area (Å²) in [4.78, 5) is 12.1. The van der Waals surface area contributed by atoms with E-state index in [0.717, 1.165) is 0 Å². The molecule has 0 aliphatic carbocycles. The van der Waals surface area contributed by atoms with Crippen LogP contribution in [0.4, 0.5) is 0 Å². The van der Waals surface area contributed by atoms with Gasteiger partial charge < -0.3 is 15.2 Å². The van der Waals surface area contributed by atoms with E-state index in [4.69, 9.17) is 4.74 Å². The van der Waals surface area contributed by atoms with Crippen molar-refractivity contribution in [3.05, 3.63) is 42.5 Å². The normalized spacial score (nSPS) is 13.4. The van der Waals surface area contributed by atoms with Crippen LogP contribution < -0.4 is 10.1 Å². The van der Waals surface area contributed by atoms with Gasteiger partial charge in [-0.15, -0.1) is 0 Å².